The molecule has 10 nitrogen and oxygen atoms in total. The molecule has 1 aliphatic heterocycles. The van der Waals surface area contributed by atoms with Gasteiger partial charge in [0.2, 0.25) is 0 Å². The number of nitrogens with zero attached hydrogens (tertiary/aromatic N) is 6. The largest absolute Gasteiger partial charge is 0.457 e. The second kappa shape index (κ2) is 12.1. The van der Waals surface area contributed by atoms with E-state index in [1.165, 1.54) is 47.5 Å². The molecule has 2 aromatic heterocycles. The van der Waals surface area contributed by atoms with E-state index < -0.39 is 29.2 Å². The number of hydrogen-bond acceptors (Lipinski definition) is 8. The number of anilines is 2. The minimum absolute atomic E-state index is 0.00982. The Labute approximate surface area is 238 Å². The van der Waals surface area contributed by atoms with Crippen molar-refractivity contribution in [3.63, 3.8) is 0 Å². The zero-order chi connectivity index (χ0) is 29.9. The van der Waals surface area contributed by atoms with Crippen LogP contribution in [-0.4, -0.2) is 77.1 Å². The maximum absolute atomic E-state index is 14.9. The molecule has 1 fully saturated rings. The molecule has 0 radical (unpaired) electrons. The van der Waals surface area contributed by atoms with Crippen LogP contribution in [0.25, 0.3) is 5.69 Å². The SMILES string of the molecule is CNC[C@H]1CN(c2c(NC(=O)c3ccn(-c4ccnnc4)n3)ccc(Oc3ccc(F)cc3)c2C(F)(F)F)CCN1C. The molecule has 0 saturated carbocycles. The highest BCUT2D eigenvalue weighted by molar-refractivity contribution is 6.05. The molecule has 2 N–H and O–H groups in total. The molecule has 220 valence electrons. The predicted octanol–water partition coefficient (Wildman–Crippen LogP) is 4.20. The van der Waals surface area contributed by atoms with Gasteiger partial charge in [0.25, 0.3) is 5.91 Å². The number of benzene rings is 2. The number of nitrogens with one attached hydrogen (secondary N) is 2. The molecule has 1 aliphatic rings. The highest BCUT2D eigenvalue weighted by atomic mass is 19.4. The van der Waals surface area contributed by atoms with Crippen molar-refractivity contribution in [2.75, 3.05) is 50.5 Å². The third-order valence-electron chi connectivity index (χ3n) is 6.90. The summed E-state index contributed by atoms with van der Waals surface area (Å²) in [5.74, 6) is -1.68. The molecule has 5 rings (SSSR count). The maximum atomic E-state index is 14.9. The molecule has 42 heavy (non-hydrogen) atoms. The van der Waals surface area contributed by atoms with Crippen molar-refractivity contribution in [2.45, 2.75) is 12.2 Å². The lowest BCUT2D eigenvalue weighted by atomic mass is 10.0. The van der Waals surface area contributed by atoms with Crippen LogP contribution in [0.1, 0.15) is 16.1 Å². The molecule has 0 bridgehead atoms. The van der Waals surface area contributed by atoms with Crippen molar-refractivity contribution in [1.29, 1.82) is 0 Å². The van der Waals surface area contributed by atoms with E-state index in [1.54, 1.807) is 18.0 Å². The van der Waals surface area contributed by atoms with E-state index in [-0.39, 0.29) is 41.9 Å². The highest BCUT2D eigenvalue weighted by Gasteiger charge is 2.42. The number of aromatic nitrogens is 4. The van der Waals surface area contributed by atoms with Gasteiger partial charge >= 0.3 is 6.18 Å². The van der Waals surface area contributed by atoms with Gasteiger partial charge < -0.3 is 20.3 Å². The molecule has 0 aliphatic carbocycles. The lowest BCUT2D eigenvalue weighted by molar-refractivity contribution is -0.138. The molecule has 3 heterocycles. The van der Waals surface area contributed by atoms with Crippen LogP contribution < -0.4 is 20.3 Å². The molecular weight excluding hydrogens is 556 g/mol. The van der Waals surface area contributed by atoms with Crippen molar-refractivity contribution in [1.82, 2.24) is 30.2 Å². The van der Waals surface area contributed by atoms with Crippen LogP contribution in [0.5, 0.6) is 11.5 Å². The summed E-state index contributed by atoms with van der Waals surface area (Å²) < 4.78 is 65.1. The summed E-state index contributed by atoms with van der Waals surface area (Å²) in [6.45, 7) is 1.56. The number of amides is 1. The first kappa shape index (κ1) is 29.0. The maximum Gasteiger partial charge on any atom is 0.422 e. The van der Waals surface area contributed by atoms with Crippen LogP contribution >= 0.6 is 0 Å². The Morgan fingerprint density at radius 2 is 1.86 bits per heavy atom. The molecule has 2 aromatic carbocycles. The second-order valence-electron chi connectivity index (χ2n) is 9.73. The summed E-state index contributed by atoms with van der Waals surface area (Å²) in [6.07, 6.45) is -0.397. The first-order chi connectivity index (χ1) is 20.1. The van der Waals surface area contributed by atoms with E-state index in [0.717, 1.165) is 18.2 Å². The molecular formula is C28H28F4N8O2. The summed E-state index contributed by atoms with van der Waals surface area (Å²) in [6, 6.07) is 10.2. The van der Waals surface area contributed by atoms with Gasteiger partial charge in [0, 0.05) is 38.4 Å². The summed E-state index contributed by atoms with van der Waals surface area (Å²) in [5, 5.41) is 17.5. The fraction of sp³-hybridized carbons (Fsp3) is 0.286. The zero-order valence-corrected chi connectivity index (χ0v) is 22.8. The Bertz CT molecular complexity index is 1530. The normalized spacial score (nSPS) is 16.0. The Balaban J connectivity index is 1.56. The van der Waals surface area contributed by atoms with Gasteiger partial charge in [-0.25, -0.2) is 9.07 Å². The fourth-order valence-corrected chi connectivity index (χ4v) is 4.79. The number of likely N-dealkylation sites (N-methyl/N-ethyl adjacent to an activating group) is 2. The average Bonchev–Trinajstić information content (AvgIpc) is 3.47. The number of alkyl halides is 3. The average molecular weight is 585 g/mol. The highest BCUT2D eigenvalue weighted by Crippen LogP contribution is 2.48. The lowest BCUT2D eigenvalue weighted by Crippen LogP contribution is -2.55. The number of piperazine rings is 1. The minimum atomic E-state index is -4.86. The Hall–Kier alpha value is -4.56. The summed E-state index contributed by atoms with van der Waals surface area (Å²) >= 11 is 0. The summed E-state index contributed by atoms with van der Waals surface area (Å²) in [5.41, 5.74) is -0.774. The molecule has 1 amide bonds. The Morgan fingerprint density at radius 3 is 2.55 bits per heavy atom. The van der Waals surface area contributed by atoms with Crippen LogP contribution in [0.3, 0.4) is 0 Å². The molecule has 0 spiro atoms. The minimum Gasteiger partial charge on any atom is -0.457 e. The van der Waals surface area contributed by atoms with Gasteiger partial charge in [-0.2, -0.15) is 28.5 Å². The van der Waals surface area contributed by atoms with E-state index in [9.17, 15) is 22.4 Å². The molecule has 1 atom stereocenters. The molecule has 14 heteroatoms. The van der Waals surface area contributed by atoms with Crippen LogP contribution in [-0.2, 0) is 6.18 Å². The van der Waals surface area contributed by atoms with Crippen molar-refractivity contribution < 1.29 is 27.1 Å². The van der Waals surface area contributed by atoms with E-state index in [1.807, 2.05) is 7.05 Å². The number of carbonyl (C=O) groups is 1. The van der Waals surface area contributed by atoms with Crippen LogP contribution in [0.15, 0.2) is 67.1 Å². The molecule has 0 unspecified atom stereocenters. The second-order valence-corrected chi connectivity index (χ2v) is 9.73. The Kier molecular flexibility index (Phi) is 8.36. The van der Waals surface area contributed by atoms with Gasteiger partial charge in [0.15, 0.2) is 5.69 Å². The zero-order valence-electron chi connectivity index (χ0n) is 22.8. The van der Waals surface area contributed by atoms with Gasteiger partial charge in [-0.05, 0) is 62.6 Å². The first-order valence-electron chi connectivity index (χ1n) is 13.1. The van der Waals surface area contributed by atoms with Crippen molar-refractivity contribution in [3.05, 3.63) is 84.2 Å². The third kappa shape index (κ3) is 6.34. The van der Waals surface area contributed by atoms with Crippen molar-refractivity contribution in [2.24, 2.45) is 0 Å². The van der Waals surface area contributed by atoms with Gasteiger partial charge in [0.1, 0.15) is 22.9 Å². The van der Waals surface area contributed by atoms with E-state index in [2.05, 4.69) is 30.8 Å². The van der Waals surface area contributed by atoms with Crippen molar-refractivity contribution >= 4 is 17.3 Å². The van der Waals surface area contributed by atoms with Gasteiger partial charge in [-0.3, -0.25) is 9.69 Å². The Morgan fingerprint density at radius 1 is 1.07 bits per heavy atom. The summed E-state index contributed by atoms with van der Waals surface area (Å²) in [7, 11) is 3.69. The van der Waals surface area contributed by atoms with E-state index in [4.69, 9.17) is 4.74 Å². The number of rotatable bonds is 8. The van der Waals surface area contributed by atoms with Gasteiger partial charge in [-0.1, -0.05) is 0 Å². The lowest BCUT2D eigenvalue weighted by Gasteiger charge is -2.42. The van der Waals surface area contributed by atoms with Crippen LogP contribution in [0, 0.1) is 5.82 Å². The number of hydrogen-bond donors (Lipinski definition) is 2. The smallest absolute Gasteiger partial charge is 0.422 e. The van der Waals surface area contributed by atoms with Crippen molar-refractivity contribution in [3.8, 4) is 17.2 Å². The number of carbonyl (C=O) groups excluding carboxylic acids is 1. The molecule has 4 aromatic rings. The van der Waals surface area contributed by atoms with Crippen LogP contribution in [0.4, 0.5) is 28.9 Å². The fourth-order valence-electron chi connectivity index (χ4n) is 4.79. The standard InChI is InChI=1S/C28H28F4N8O2/c1-33-15-20-17-39(14-13-38(20)2)26-22(36-27(41)23-10-12-40(37-23)19-9-11-34-35-16-19)7-8-24(25(26)28(30,31)32)42-21-5-3-18(29)4-6-21/h3-12,16,20,33H,13-15,17H2,1-2H3,(H,36,41)/t20-/m0/s1. The monoisotopic (exact) mass is 584 g/mol. The van der Waals surface area contributed by atoms with Gasteiger partial charge in [0.05, 0.1) is 29.5 Å². The third-order valence-corrected chi connectivity index (χ3v) is 6.90. The molecule has 1 saturated heterocycles. The van der Waals surface area contributed by atoms with Crippen LogP contribution in [0.2, 0.25) is 0 Å². The number of halogens is 4. The van der Waals surface area contributed by atoms with E-state index >= 15 is 0 Å². The first-order valence-corrected chi connectivity index (χ1v) is 13.1. The number of ether oxygens (including phenoxy) is 1. The van der Waals surface area contributed by atoms with Gasteiger partial charge in [-0.15, -0.1) is 0 Å². The van der Waals surface area contributed by atoms with E-state index in [0.29, 0.717) is 18.8 Å². The quantitative estimate of drug-likeness (QED) is 0.298. The predicted molar refractivity (Wildman–Crippen MR) is 148 cm³/mol. The topological polar surface area (TPSA) is 100 Å². The summed E-state index contributed by atoms with van der Waals surface area (Å²) in [4.78, 5) is 17.0.